The molecule has 1 saturated carbocycles. The molecule has 0 amide bonds. The highest BCUT2D eigenvalue weighted by Crippen LogP contribution is 2.50. The highest BCUT2D eigenvalue weighted by Gasteiger charge is 2.50. The molecule has 0 atom stereocenters. The Morgan fingerprint density at radius 1 is 1.21 bits per heavy atom. The number of hydrogen-bond acceptors (Lipinski definition) is 2. The van der Waals surface area contributed by atoms with E-state index in [0.717, 1.165) is 18.4 Å². The molecule has 1 aromatic carbocycles. The summed E-state index contributed by atoms with van der Waals surface area (Å²) in [5.74, 6) is -0.0819. The predicted octanol–water partition coefficient (Wildman–Crippen LogP) is 3.60. The summed E-state index contributed by atoms with van der Waals surface area (Å²) in [4.78, 5) is 12.1. The largest absolute Gasteiger partial charge is 0.399 e. The van der Waals surface area contributed by atoms with Gasteiger partial charge in [0.1, 0.15) is 5.78 Å². The number of hydrogen-bond donors (Lipinski definition) is 1. The summed E-state index contributed by atoms with van der Waals surface area (Å²) in [6.07, 6.45) is -3.76. The van der Waals surface area contributed by atoms with Crippen molar-refractivity contribution in [1.29, 1.82) is 0 Å². The first-order valence-corrected chi connectivity index (χ1v) is 6.30. The maximum Gasteiger partial charge on any atom is 0.389 e. The van der Waals surface area contributed by atoms with Gasteiger partial charge in [-0.3, -0.25) is 4.79 Å². The van der Waals surface area contributed by atoms with E-state index >= 15 is 0 Å². The van der Waals surface area contributed by atoms with Crippen LogP contribution in [0.15, 0.2) is 24.3 Å². The Morgan fingerprint density at radius 2 is 1.79 bits per heavy atom. The molecule has 5 heteroatoms. The second kappa shape index (κ2) is 4.87. The quantitative estimate of drug-likeness (QED) is 0.831. The maximum atomic E-state index is 12.1. The molecule has 2 rings (SSSR count). The van der Waals surface area contributed by atoms with Gasteiger partial charge in [-0.1, -0.05) is 12.1 Å². The van der Waals surface area contributed by atoms with Crippen molar-refractivity contribution in [2.45, 2.75) is 43.7 Å². The van der Waals surface area contributed by atoms with Gasteiger partial charge in [0.25, 0.3) is 0 Å². The number of nitrogens with two attached hydrogens (primary N) is 1. The minimum absolute atomic E-state index is 0.0100. The van der Waals surface area contributed by atoms with Crippen molar-refractivity contribution in [3.63, 3.8) is 0 Å². The number of benzene rings is 1. The summed E-state index contributed by atoms with van der Waals surface area (Å²) in [5, 5.41) is 0. The van der Waals surface area contributed by atoms with Gasteiger partial charge in [-0.2, -0.15) is 13.2 Å². The Bertz CT molecular complexity index is 461. The molecule has 0 radical (unpaired) electrons. The Balaban J connectivity index is 1.97. The molecule has 0 aromatic heterocycles. The van der Waals surface area contributed by atoms with Crippen LogP contribution in [-0.4, -0.2) is 12.0 Å². The van der Waals surface area contributed by atoms with E-state index in [1.54, 1.807) is 24.3 Å². The normalized spacial score (nSPS) is 17.2. The van der Waals surface area contributed by atoms with Gasteiger partial charge in [0.2, 0.25) is 0 Å². The molecular formula is C14H16F3NO. The average Bonchev–Trinajstić information content (AvgIpc) is 3.09. The first-order chi connectivity index (χ1) is 8.83. The van der Waals surface area contributed by atoms with Crippen LogP contribution in [0.3, 0.4) is 0 Å². The molecule has 2 nitrogen and oxygen atoms in total. The minimum Gasteiger partial charge on any atom is -0.399 e. The maximum absolute atomic E-state index is 12.1. The second-order valence-corrected chi connectivity index (χ2v) is 5.10. The van der Waals surface area contributed by atoms with E-state index < -0.39 is 18.0 Å². The molecule has 19 heavy (non-hydrogen) atoms. The Kier molecular flexibility index (Phi) is 3.56. The van der Waals surface area contributed by atoms with Crippen LogP contribution >= 0.6 is 0 Å². The lowest BCUT2D eigenvalue weighted by Gasteiger charge is -2.15. The molecule has 2 N–H and O–H groups in total. The summed E-state index contributed by atoms with van der Waals surface area (Å²) >= 11 is 0. The van der Waals surface area contributed by atoms with E-state index in [0.29, 0.717) is 5.69 Å². The van der Waals surface area contributed by atoms with E-state index in [-0.39, 0.29) is 18.6 Å². The van der Waals surface area contributed by atoms with E-state index in [4.69, 9.17) is 5.73 Å². The number of Topliss-reactive ketones (excluding diaryl/α,β-unsaturated/α-hetero) is 1. The monoisotopic (exact) mass is 271 g/mol. The Labute approximate surface area is 109 Å². The van der Waals surface area contributed by atoms with Crippen molar-refractivity contribution in [3.8, 4) is 0 Å². The van der Waals surface area contributed by atoms with Crippen LogP contribution in [0.4, 0.5) is 18.9 Å². The van der Waals surface area contributed by atoms with Gasteiger partial charge in [-0.15, -0.1) is 0 Å². The summed E-state index contributed by atoms with van der Waals surface area (Å²) < 4.78 is 36.2. The third-order valence-corrected chi connectivity index (χ3v) is 3.61. The lowest BCUT2D eigenvalue weighted by atomic mass is 9.88. The van der Waals surface area contributed by atoms with Crippen molar-refractivity contribution >= 4 is 11.5 Å². The number of rotatable bonds is 5. The van der Waals surface area contributed by atoms with Crippen LogP contribution in [-0.2, 0) is 10.2 Å². The smallest absolute Gasteiger partial charge is 0.389 e. The van der Waals surface area contributed by atoms with Crippen LogP contribution in [0.5, 0.6) is 0 Å². The SMILES string of the molecule is Nc1ccc(C2(C(=O)CCCC(F)(F)F)CC2)cc1. The van der Waals surface area contributed by atoms with Crippen LogP contribution < -0.4 is 5.73 Å². The fraction of sp³-hybridized carbons (Fsp3) is 0.500. The third kappa shape index (κ3) is 3.28. The van der Waals surface area contributed by atoms with Gasteiger partial charge in [0.05, 0.1) is 5.41 Å². The molecule has 0 heterocycles. The molecular weight excluding hydrogens is 255 g/mol. The van der Waals surface area contributed by atoms with Gasteiger partial charge in [0, 0.05) is 18.5 Å². The summed E-state index contributed by atoms with van der Waals surface area (Å²) in [6.45, 7) is 0. The van der Waals surface area contributed by atoms with Crippen LogP contribution in [0.25, 0.3) is 0 Å². The molecule has 0 saturated heterocycles. The molecule has 1 aliphatic rings. The van der Waals surface area contributed by atoms with Crippen molar-refractivity contribution in [3.05, 3.63) is 29.8 Å². The molecule has 0 aliphatic heterocycles. The van der Waals surface area contributed by atoms with Crippen molar-refractivity contribution < 1.29 is 18.0 Å². The zero-order valence-electron chi connectivity index (χ0n) is 10.5. The molecule has 1 aromatic rings. The van der Waals surface area contributed by atoms with E-state index in [1.807, 2.05) is 0 Å². The summed E-state index contributed by atoms with van der Waals surface area (Å²) in [6, 6.07) is 7.03. The molecule has 104 valence electrons. The third-order valence-electron chi connectivity index (χ3n) is 3.61. The fourth-order valence-electron chi connectivity index (χ4n) is 2.34. The number of carbonyl (C=O) groups is 1. The van der Waals surface area contributed by atoms with Gasteiger partial charge in [0.15, 0.2) is 0 Å². The highest BCUT2D eigenvalue weighted by molar-refractivity contribution is 5.93. The van der Waals surface area contributed by atoms with Gasteiger partial charge < -0.3 is 5.73 Å². The zero-order chi connectivity index (χ0) is 14.1. The summed E-state index contributed by atoms with van der Waals surface area (Å²) in [7, 11) is 0. The van der Waals surface area contributed by atoms with E-state index in [9.17, 15) is 18.0 Å². The number of ketones is 1. The summed E-state index contributed by atoms with van der Waals surface area (Å²) in [5.41, 5.74) is 6.53. The number of nitrogen functional groups attached to an aromatic ring is 1. The van der Waals surface area contributed by atoms with Gasteiger partial charge in [-0.05, 0) is 37.0 Å². The number of carbonyl (C=O) groups excluding carboxylic acids is 1. The average molecular weight is 271 g/mol. The lowest BCUT2D eigenvalue weighted by Crippen LogP contribution is -2.21. The van der Waals surface area contributed by atoms with Crippen molar-refractivity contribution in [2.24, 2.45) is 0 Å². The first kappa shape index (κ1) is 13.9. The highest BCUT2D eigenvalue weighted by atomic mass is 19.4. The Morgan fingerprint density at radius 3 is 2.26 bits per heavy atom. The Hall–Kier alpha value is -1.52. The predicted molar refractivity (Wildman–Crippen MR) is 66.7 cm³/mol. The number of anilines is 1. The molecule has 1 aliphatic carbocycles. The van der Waals surface area contributed by atoms with Crippen molar-refractivity contribution in [2.75, 3.05) is 5.73 Å². The number of halogens is 3. The zero-order valence-corrected chi connectivity index (χ0v) is 10.5. The molecule has 0 unspecified atom stereocenters. The van der Waals surface area contributed by atoms with Crippen LogP contribution in [0.2, 0.25) is 0 Å². The van der Waals surface area contributed by atoms with Crippen LogP contribution in [0, 0.1) is 0 Å². The van der Waals surface area contributed by atoms with Crippen LogP contribution in [0.1, 0.15) is 37.7 Å². The van der Waals surface area contributed by atoms with Gasteiger partial charge in [-0.25, -0.2) is 0 Å². The fourth-order valence-corrected chi connectivity index (χ4v) is 2.34. The molecule has 0 bridgehead atoms. The van der Waals surface area contributed by atoms with Crippen molar-refractivity contribution in [1.82, 2.24) is 0 Å². The van der Waals surface area contributed by atoms with E-state index in [2.05, 4.69) is 0 Å². The van der Waals surface area contributed by atoms with Gasteiger partial charge >= 0.3 is 6.18 Å². The number of alkyl halides is 3. The second-order valence-electron chi connectivity index (χ2n) is 5.10. The van der Waals surface area contributed by atoms with E-state index in [1.165, 1.54) is 0 Å². The topological polar surface area (TPSA) is 43.1 Å². The first-order valence-electron chi connectivity index (χ1n) is 6.30. The lowest BCUT2D eigenvalue weighted by molar-refractivity contribution is -0.137. The minimum atomic E-state index is -4.18. The molecule has 1 fully saturated rings. The standard InChI is InChI=1S/C14H16F3NO/c15-14(16,17)7-1-2-12(19)13(8-9-13)10-3-5-11(18)6-4-10/h3-6H,1-2,7-9,18H2. The molecule has 0 spiro atoms.